The number of hydrogen-bond donors (Lipinski definition) is 1. The Kier molecular flexibility index (Phi) is 3.35. The van der Waals surface area contributed by atoms with Gasteiger partial charge in [0, 0.05) is 32.2 Å². The lowest BCUT2D eigenvalue weighted by molar-refractivity contribution is 0.0745. The first kappa shape index (κ1) is 13.4. The predicted molar refractivity (Wildman–Crippen MR) is 81.0 cm³/mol. The van der Waals surface area contributed by atoms with Crippen LogP contribution in [0.5, 0.6) is 11.7 Å². The van der Waals surface area contributed by atoms with E-state index in [1.807, 2.05) is 35.2 Å². The second-order valence-corrected chi connectivity index (χ2v) is 5.92. The van der Waals surface area contributed by atoms with Crippen LogP contribution in [-0.4, -0.2) is 37.0 Å². The van der Waals surface area contributed by atoms with Gasteiger partial charge in [0.25, 0.3) is 11.9 Å². The van der Waals surface area contributed by atoms with Crippen LogP contribution in [0.4, 0.5) is 0 Å². The van der Waals surface area contributed by atoms with Gasteiger partial charge in [-0.25, -0.2) is 0 Å². The molecule has 0 bridgehead atoms. The molecule has 2 aliphatic rings. The fourth-order valence-corrected chi connectivity index (χ4v) is 3.27. The molecule has 2 aliphatic heterocycles. The van der Waals surface area contributed by atoms with Crippen molar-refractivity contribution in [1.29, 1.82) is 0 Å². The van der Waals surface area contributed by atoms with Gasteiger partial charge in [-0.1, -0.05) is 18.2 Å². The van der Waals surface area contributed by atoms with E-state index in [0.717, 1.165) is 26.2 Å². The number of rotatable bonds is 3. The molecular formula is C17H18N2O3. The predicted octanol–water partition coefficient (Wildman–Crippen LogP) is 2.36. The van der Waals surface area contributed by atoms with Gasteiger partial charge in [-0.05, 0) is 30.0 Å². The standard InChI is InChI=1S/C17H18N2O3/c20-17(19-10-12-8-18-9-13(12)11-19)15-6-7-16(22-15)21-14-4-2-1-3-5-14/h1-7,12-13,18H,8-11H2/t12-,13+. The summed E-state index contributed by atoms with van der Waals surface area (Å²) in [6.45, 7) is 3.64. The van der Waals surface area contributed by atoms with Gasteiger partial charge >= 0.3 is 0 Å². The number of benzene rings is 1. The summed E-state index contributed by atoms with van der Waals surface area (Å²) in [6.07, 6.45) is 0. The second kappa shape index (κ2) is 5.50. The van der Waals surface area contributed by atoms with Crippen molar-refractivity contribution in [3.05, 3.63) is 48.2 Å². The number of hydrogen-bond acceptors (Lipinski definition) is 4. The van der Waals surface area contributed by atoms with Gasteiger partial charge in [0.2, 0.25) is 0 Å². The minimum absolute atomic E-state index is 0.0442. The third-order valence-corrected chi connectivity index (χ3v) is 4.43. The van der Waals surface area contributed by atoms with Crippen molar-refractivity contribution in [2.45, 2.75) is 0 Å². The second-order valence-electron chi connectivity index (χ2n) is 5.92. The third kappa shape index (κ3) is 2.48. The van der Waals surface area contributed by atoms with Crippen molar-refractivity contribution >= 4 is 5.91 Å². The van der Waals surface area contributed by atoms with Gasteiger partial charge in [0.1, 0.15) is 5.75 Å². The van der Waals surface area contributed by atoms with Crippen LogP contribution in [0.25, 0.3) is 0 Å². The fraction of sp³-hybridized carbons (Fsp3) is 0.353. The molecule has 1 amide bonds. The number of carbonyl (C=O) groups excluding carboxylic acids is 1. The number of ether oxygens (including phenoxy) is 1. The number of furan rings is 1. The maximum absolute atomic E-state index is 12.5. The highest BCUT2D eigenvalue weighted by Gasteiger charge is 2.38. The molecule has 2 aromatic rings. The van der Waals surface area contributed by atoms with Gasteiger partial charge < -0.3 is 19.4 Å². The highest BCUT2D eigenvalue weighted by atomic mass is 16.6. The van der Waals surface area contributed by atoms with Gasteiger partial charge in [0.05, 0.1) is 0 Å². The molecule has 0 radical (unpaired) electrons. The van der Waals surface area contributed by atoms with Crippen molar-refractivity contribution in [2.75, 3.05) is 26.2 Å². The molecule has 1 aromatic carbocycles. The van der Waals surface area contributed by atoms with Crippen molar-refractivity contribution < 1.29 is 13.9 Å². The number of carbonyl (C=O) groups is 1. The number of amides is 1. The Balaban J connectivity index is 1.44. The summed E-state index contributed by atoms with van der Waals surface area (Å²) in [7, 11) is 0. The minimum atomic E-state index is -0.0442. The van der Waals surface area contributed by atoms with Crippen molar-refractivity contribution in [2.24, 2.45) is 11.8 Å². The SMILES string of the molecule is O=C(c1ccc(Oc2ccccc2)o1)N1C[C@H]2CNC[C@H]2C1. The largest absolute Gasteiger partial charge is 0.426 e. The molecular weight excluding hydrogens is 280 g/mol. The van der Waals surface area contributed by atoms with E-state index in [2.05, 4.69) is 5.32 Å². The van der Waals surface area contributed by atoms with Crippen LogP contribution < -0.4 is 10.1 Å². The lowest BCUT2D eigenvalue weighted by Gasteiger charge is -2.15. The molecule has 2 saturated heterocycles. The quantitative estimate of drug-likeness (QED) is 0.945. The maximum Gasteiger partial charge on any atom is 0.290 e. The van der Waals surface area contributed by atoms with E-state index >= 15 is 0 Å². The Bertz CT molecular complexity index is 656. The van der Waals surface area contributed by atoms with Crippen molar-refractivity contribution in [3.63, 3.8) is 0 Å². The van der Waals surface area contributed by atoms with E-state index in [-0.39, 0.29) is 5.91 Å². The number of para-hydroxylation sites is 1. The summed E-state index contributed by atoms with van der Waals surface area (Å²) < 4.78 is 11.2. The molecule has 0 unspecified atom stereocenters. The maximum atomic E-state index is 12.5. The number of fused-ring (bicyclic) bond motifs is 1. The molecule has 0 saturated carbocycles. The lowest BCUT2D eigenvalue weighted by Crippen LogP contribution is -2.31. The molecule has 3 heterocycles. The monoisotopic (exact) mass is 298 g/mol. The molecule has 2 atom stereocenters. The van der Waals surface area contributed by atoms with Gasteiger partial charge in [-0.2, -0.15) is 0 Å². The summed E-state index contributed by atoms with van der Waals surface area (Å²) in [6, 6.07) is 12.8. The summed E-state index contributed by atoms with van der Waals surface area (Å²) >= 11 is 0. The first-order valence-electron chi connectivity index (χ1n) is 7.62. The lowest BCUT2D eigenvalue weighted by atomic mass is 10.0. The number of nitrogens with zero attached hydrogens (tertiary/aromatic N) is 1. The number of likely N-dealkylation sites (tertiary alicyclic amines) is 1. The fourth-order valence-electron chi connectivity index (χ4n) is 3.27. The first-order chi connectivity index (χ1) is 10.8. The van der Waals surface area contributed by atoms with Crippen molar-refractivity contribution in [1.82, 2.24) is 10.2 Å². The molecule has 1 aromatic heterocycles. The van der Waals surface area contributed by atoms with E-state index in [4.69, 9.17) is 9.15 Å². The molecule has 114 valence electrons. The number of nitrogens with one attached hydrogen (secondary N) is 1. The molecule has 5 nitrogen and oxygen atoms in total. The molecule has 0 spiro atoms. The third-order valence-electron chi connectivity index (χ3n) is 4.43. The molecule has 5 heteroatoms. The van der Waals surface area contributed by atoms with Gasteiger partial charge in [-0.15, -0.1) is 0 Å². The summed E-state index contributed by atoms with van der Waals surface area (Å²) in [5, 5.41) is 3.37. The molecule has 4 rings (SSSR count). The Morgan fingerprint density at radius 1 is 1.09 bits per heavy atom. The van der Waals surface area contributed by atoms with Crippen LogP contribution >= 0.6 is 0 Å². The Morgan fingerprint density at radius 2 is 1.82 bits per heavy atom. The smallest absolute Gasteiger partial charge is 0.290 e. The Morgan fingerprint density at radius 3 is 2.55 bits per heavy atom. The zero-order chi connectivity index (χ0) is 14.9. The van der Waals surface area contributed by atoms with E-state index in [9.17, 15) is 4.79 Å². The Hall–Kier alpha value is -2.27. The topological polar surface area (TPSA) is 54.7 Å². The molecule has 2 fully saturated rings. The van der Waals surface area contributed by atoms with Crippen LogP contribution in [-0.2, 0) is 0 Å². The highest BCUT2D eigenvalue weighted by molar-refractivity contribution is 5.91. The molecule has 0 aliphatic carbocycles. The van der Waals surface area contributed by atoms with E-state index in [1.165, 1.54) is 0 Å². The summed E-state index contributed by atoms with van der Waals surface area (Å²) in [5.74, 6) is 2.50. The van der Waals surface area contributed by atoms with Crippen LogP contribution in [0.15, 0.2) is 46.9 Å². The van der Waals surface area contributed by atoms with Crippen LogP contribution in [0.2, 0.25) is 0 Å². The highest BCUT2D eigenvalue weighted by Crippen LogP contribution is 2.29. The minimum Gasteiger partial charge on any atom is -0.426 e. The van der Waals surface area contributed by atoms with Crippen LogP contribution in [0, 0.1) is 11.8 Å². The molecule has 22 heavy (non-hydrogen) atoms. The summed E-state index contributed by atoms with van der Waals surface area (Å²) in [5.41, 5.74) is 0. The average Bonchev–Trinajstić information content (AvgIpc) is 3.22. The van der Waals surface area contributed by atoms with Crippen LogP contribution in [0.3, 0.4) is 0 Å². The first-order valence-corrected chi connectivity index (χ1v) is 7.62. The van der Waals surface area contributed by atoms with Gasteiger partial charge in [0.15, 0.2) is 5.76 Å². The van der Waals surface area contributed by atoms with E-state index in [0.29, 0.717) is 29.3 Å². The van der Waals surface area contributed by atoms with E-state index in [1.54, 1.807) is 12.1 Å². The molecule has 1 N–H and O–H groups in total. The van der Waals surface area contributed by atoms with Crippen LogP contribution in [0.1, 0.15) is 10.6 Å². The van der Waals surface area contributed by atoms with Crippen molar-refractivity contribution in [3.8, 4) is 11.7 Å². The zero-order valence-corrected chi connectivity index (χ0v) is 12.2. The van der Waals surface area contributed by atoms with Gasteiger partial charge in [-0.3, -0.25) is 4.79 Å². The average molecular weight is 298 g/mol. The Labute approximate surface area is 128 Å². The summed E-state index contributed by atoms with van der Waals surface area (Å²) in [4.78, 5) is 14.4. The normalized spacial score (nSPS) is 23.5. The van der Waals surface area contributed by atoms with E-state index < -0.39 is 0 Å². The zero-order valence-electron chi connectivity index (χ0n) is 12.2.